The number of aromatic nitrogens is 3. The first-order valence-corrected chi connectivity index (χ1v) is 10.3. The fourth-order valence-electron chi connectivity index (χ4n) is 3.45. The van der Waals surface area contributed by atoms with Crippen molar-refractivity contribution >= 4 is 23.3 Å². The monoisotopic (exact) mass is 468 g/mol. The van der Waals surface area contributed by atoms with Crippen LogP contribution in [-0.2, 0) is 0 Å². The summed E-state index contributed by atoms with van der Waals surface area (Å²) in [5.41, 5.74) is 7.75. The van der Waals surface area contributed by atoms with E-state index in [4.69, 9.17) is 15.2 Å². The van der Waals surface area contributed by atoms with Gasteiger partial charge in [0.25, 0.3) is 11.8 Å². The third-order valence-electron chi connectivity index (χ3n) is 5.16. The van der Waals surface area contributed by atoms with Crippen molar-refractivity contribution < 1.29 is 19.1 Å². The Kier molecular flexibility index (Phi) is 6.42. The number of nitriles is 1. The van der Waals surface area contributed by atoms with Crippen molar-refractivity contribution in [2.45, 2.75) is 0 Å². The van der Waals surface area contributed by atoms with Crippen molar-refractivity contribution in [2.75, 3.05) is 25.3 Å². The topological polar surface area (TPSA) is 145 Å². The number of benzene rings is 2. The second-order valence-electron chi connectivity index (χ2n) is 7.25. The molecule has 0 aliphatic rings. The number of hydrogen-bond acceptors (Lipinski definition) is 8. The van der Waals surface area contributed by atoms with Crippen molar-refractivity contribution in [3.63, 3.8) is 0 Å². The molecule has 3 N–H and O–H groups in total. The molecule has 0 bridgehead atoms. The summed E-state index contributed by atoms with van der Waals surface area (Å²) >= 11 is 0. The van der Waals surface area contributed by atoms with E-state index in [-0.39, 0.29) is 34.2 Å². The summed E-state index contributed by atoms with van der Waals surface area (Å²) in [6.45, 7) is 0. The van der Waals surface area contributed by atoms with E-state index in [9.17, 15) is 14.9 Å². The Hall–Kier alpha value is -5.17. The number of nitrogen functional groups attached to an aromatic ring is 1. The number of anilines is 2. The molecule has 0 atom stereocenters. The van der Waals surface area contributed by atoms with Crippen LogP contribution in [0, 0.1) is 11.3 Å². The second-order valence-corrected chi connectivity index (χ2v) is 7.25. The van der Waals surface area contributed by atoms with Gasteiger partial charge in [0.05, 0.1) is 19.9 Å². The highest BCUT2D eigenvalue weighted by atomic mass is 16.5. The number of ether oxygens (including phenoxy) is 2. The fourth-order valence-corrected chi connectivity index (χ4v) is 3.45. The number of hydrogen-bond donors (Lipinski definition) is 2. The minimum atomic E-state index is -0.509. The molecular formula is C25H20N6O4. The Bertz CT molecular complexity index is 1440. The zero-order valence-corrected chi connectivity index (χ0v) is 18.9. The minimum absolute atomic E-state index is 0.0600. The molecule has 10 nitrogen and oxygen atoms in total. The van der Waals surface area contributed by atoms with Gasteiger partial charge in [0.1, 0.15) is 17.3 Å². The maximum Gasteiger partial charge on any atom is 0.278 e. The lowest BCUT2D eigenvalue weighted by Crippen LogP contribution is -2.16. The van der Waals surface area contributed by atoms with Crippen molar-refractivity contribution in [3.05, 3.63) is 83.7 Å². The number of nitrogens with two attached hydrogens (primary N) is 1. The van der Waals surface area contributed by atoms with Gasteiger partial charge in [-0.05, 0) is 54.6 Å². The lowest BCUT2D eigenvalue weighted by Gasteiger charge is -2.11. The smallest absolute Gasteiger partial charge is 0.278 e. The number of rotatable bonds is 6. The maximum absolute atomic E-state index is 13.3. The molecule has 4 rings (SSSR count). The van der Waals surface area contributed by atoms with Crippen LogP contribution in [0.25, 0.3) is 11.3 Å². The van der Waals surface area contributed by atoms with Crippen LogP contribution in [0.15, 0.2) is 66.9 Å². The van der Waals surface area contributed by atoms with Crippen molar-refractivity contribution in [1.29, 1.82) is 5.26 Å². The van der Waals surface area contributed by atoms with E-state index in [1.165, 1.54) is 20.4 Å². The van der Waals surface area contributed by atoms with Gasteiger partial charge in [-0.15, -0.1) is 5.10 Å². The number of pyridine rings is 1. The van der Waals surface area contributed by atoms with Crippen molar-refractivity contribution in [3.8, 4) is 28.8 Å². The van der Waals surface area contributed by atoms with E-state index in [0.717, 1.165) is 4.68 Å². The Balaban J connectivity index is 1.66. The highest BCUT2D eigenvalue weighted by Crippen LogP contribution is 2.35. The predicted octanol–water partition coefficient (Wildman–Crippen LogP) is 3.36. The summed E-state index contributed by atoms with van der Waals surface area (Å²) in [6, 6.07) is 18.3. The van der Waals surface area contributed by atoms with Crippen LogP contribution in [0.2, 0.25) is 0 Å². The number of nitrogens with one attached hydrogen (secondary N) is 1. The zero-order chi connectivity index (χ0) is 24.9. The maximum atomic E-state index is 13.3. The van der Waals surface area contributed by atoms with Gasteiger partial charge in [0.15, 0.2) is 17.3 Å². The highest BCUT2D eigenvalue weighted by molar-refractivity contribution is 6.03. The molecule has 10 heteroatoms. The zero-order valence-electron chi connectivity index (χ0n) is 18.9. The average Bonchev–Trinajstić information content (AvgIpc) is 3.24. The molecule has 35 heavy (non-hydrogen) atoms. The summed E-state index contributed by atoms with van der Waals surface area (Å²) in [4.78, 5) is 29.7. The minimum Gasteiger partial charge on any atom is -0.493 e. The Morgan fingerprint density at radius 1 is 1.03 bits per heavy atom. The van der Waals surface area contributed by atoms with Crippen LogP contribution in [-0.4, -0.2) is 40.8 Å². The highest BCUT2D eigenvalue weighted by Gasteiger charge is 2.24. The normalized spacial score (nSPS) is 10.3. The van der Waals surface area contributed by atoms with Gasteiger partial charge < -0.3 is 20.5 Å². The third-order valence-corrected chi connectivity index (χ3v) is 5.16. The molecule has 0 aliphatic heterocycles. The molecule has 0 unspecified atom stereocenters. The first kappa shape index (κ1) is 23.0. The molecule has 2 aromatic heterocycles. The van der Waals surface area contributed by atoms with Gasteiger partial charge in [0.2, 0.25) is 0 Å². The standard InChI is InChI=1S/C25H20N6O4/c1-34-20-11-8-16(13-21(20)35-2)22-18(14-26)23(27)30-31(22)25(33)15-6-9-17(10-7-15)29-24(32)19-5-3-4-12-28-19/h3-13H,1-2H3,(H2,27,30)(H,29,32). The molecule has 0 saturated heterocycles. The van der Waals surface area contributed by atoms with E-state index in [1.54, 1.807) is 60.7 Å². The molecular weight excluding hydrogens is 448 g/mol. The van der Waals surface area contributed by atoms with Crippen LogP contribution in [0.1, 0.15) is 26.4 Å². The molecule has 2 heterocycles. The molecule has 2 aromatic carbocycles. The molecule has 1 amide bonds. The number of methoxy groups -OCH3 is 2. The van der Waals surface area contributed by atoms with E-state index >= 15 is 0 Å². The van der Waals surface area contributed by atoms with Crippen LogP contribution >= 0.6 is 0 Å². The van der Waals surface area contributed by atoms with Crippen LogP contribution in [0.5, 0.6) is 11.5 Å². The fraction of sp³-hybridized carbons (Fsp3) is 0.0800. The van der Waals surface area contributed by atoms with Crippen molar-refractivity contribution in [2.24, 2.45) is 0 Å². The Morgan fingerprint density at radius 2 is 1.77 bits per heavy atom. The van der Waals surface area contributed by atoms with Crippen molar-refractivity contribution in [1.82, 2.24) is 14.8 Å². The lowest BCUT2D eigenvalue weighted by atomic mass is 10.1. The molecule has 0 saturated carbocycles. The predicted molar refractivity (Wildman–Crippen MR) is 128 cm³/mol. The van der Waals surface area contributed by atoms with Crippen LogP contribution in [0.4, 0.5) is 11.5 Å². The quantitative estimate of drug-likeness (QED) is 0.438. The van der Waals surface area contributed by atoms with Crippen LogP contribution < -0.4 is 20.5 Å². The number of carbonyl (C=O) groups excluding carboxylic acids is 2. The Morgan fingerprint density at radius 3 is 2.40 bits per heavy atom. The summed E-state index contributed by atoms with van der Waals surface area (Å²) in [7, 11) is 2.99. The third kappa shape index (κ3) is 4.51. The largest absolute Gasteiger partial charge is 0.493 e. The van der Waals surface area contributed by atoms with Crippen LogP contribution in [0.3, 0.4) is 0 Å². The summed E-state index contributed by atoms with van der Waals surface area (Å²) < 4.78 is 11.7. The lowest BCUT2D eigenvalue weighted by molar-refractivity contribution is 0.0947. The van der Waals surface area contributed by atoms with E-state index in [1.807, 2.05) is 6.07 Å². The molecule has 4 aromatic rings. The number of nitrogens with zero attached hydrogens (tertiary/aromatic N) is 4. The molecule has 0 aliphatic carbocycles. The van der Waals surface area contributed by atoms with E-state index < -0.39 is 5.91 Å². The summed E-state index contributed by atoms with van der Waals surface area (Å²) in [6.07, 6.45) is 1.53. The molecule has 0 fully saturated rings. The average molecular weight is 468 g/mol. The van der Waals surface area contributed by atoms with Gasteiger partial charge in [-0.25, -0.2) is 0 Å². The van der Waals surface area contributed by atoms with Gasteiger partial charge >= 0.3 is 0 Å². The molecule has 0 spiro atoms. The molecule has 174 valence electrons. The first-order valence-electron chi connectivity index (χ1n) is 10.3. The first-order chi connectivity index (χ1) is 17.0. The van der Waals surface area contributed by atoms with Gasteiger partial charge in [-0.3, -0.25) is 14.6 Å². The Labute approximate surface area is 200 Å². The van der Waals surface area contributed by atoms with Gasteiger partial charge in [0, 0.05) is 23.0 Å². The van der Waals surface area contributed by atoms with E-state index in [2.05, 4.69) is 15.4 Å². The summed E-state index contributed by atoms with van der Waals surface area (Å²) in [5.74, 6) is -0.0569. The number of amides is 1. The molecule has 0 radical (unpaired) electrons. The van der Waals surface area contributed by atoms with Gasteiger partial charge in [-0.2, -0.15) is 9.94 Å². The second kappa shape index (κ2) is 9.76. The van der Waals surface area contributed by atoms with E-state index in [0.29, 0.717) is 22.7 Å². The number of carbonyl (C=O) groups is 2. The summed E-state index contributed by atoms with van der Waals surface area (Å²) in [5, 5.41) is 16.5. The van der Waals surface area contributed by atoms with Gasteiger partial charge in [-0.1, -0.05) is 6.07 Å². The SMILES string of the molecule is COc1ccc(-c2c(C#N)c(N)nn2C(=O)c2ccc(NC(=O)c3ccccn3)cc2)cc1OC.